The zero-order valence-electron chi connectivity index (χ0n) is 11.2. The Morgan fingerprint density at radius 3 is 2.10 bits per heavy atom. The van der Waals surface area contributed by atoms with Crippen LogP contribution >= 0.6 is 0 Å². The first-order valence-corrected chi connectivity index (χ1v) is 7.71. The van der Waals surface area contributed by atoms with Gasteiger partial charge in [0.2, 0.25) is 0 Å². The normalized spacial score (nSPS) is 11.1. The number of methoxy groups -OCH3 is 1. The molecule has 0 radical (unpaired) electrons. The number of sulfone groups is 1. The van der Waals surface area contributed by atoms with Crippen LogP contribution in [0, 0.1) is 0 Å². The van der Waals surface area contributed by atoms with E-state index in [0.29, 0.717) is 11.5 Å². The molecular formula is C14H15NO4S. The van der Waals surface area contributed by atoms with Crippen LogP contribution in [0.15, 0.2) is 47.4 Å². The molecule has 6 heteroatoms. The molecule has 0 fully saturated rings. The van der Waals surface area contributed by atoms with E-state index in [-0.39, 0.29) is 10.6 Å². The van der Waals surface area contributed by atoms with Crippen molar-refractivity contribution in [1.82, 2.24) is 0 Å². The summed E-state index contributed by atoms with van der Waals surface area (Å²) in [4.78, 5) is 0.164. The SMILES string of the molecule is COc1ccc(Oc2ccc(S(C)(=O)=O)cc2N)cc1. The van der Waals surface area contributed by atoms with Crippen molar-refractivity contribution in [3.63, 3.8) is 0 Å². The van der Waals surface area contributed by atoms with E-state index in [1.807, 2.05) is 0 Å². The fourth-order valence-electron chi connectivity index (χ4n) is 1.62. The Balaban J connectivity index is 2.25. The quantitative estimate of drug-likeness (QED) is 0.876. The Bertz CT molecular complexity index is 708. The zero-order valence-corrected chi connectivity index (χ0v) is 12.0. The molecule has 0 bridgehead atoms. The lowest BCUT2D eigenvalue weighted by atomic mass is 10.3. The first-order valence-electron chi connectivity index (χ1n) is 5.81. The summed E-state index contributed by atoms with van der Waals surface area (Å²) >= 11 is 0. The molecule has 2 aromatic carbocycles. The summed E-state index contributed by atoms with van der Waals surface area (Å²) < 4.78 is 33.5. The third-order valence-electron chi connectivity index (χ3n) is 2.70. The lowest BCUT2D eigenvalue weighted by molar-refractivity contribution is 0.413. The number of nitrogens with two attached hydrogens (primary N) is 1. The van der Waals surface area contributed by atoms with E-state index < -0.39 is 9.84 Å². The summed E-state index contributed by atoms with van der Waals surface area (Å²) in [5, 5.41) is 0. The van der Waals surface area contributed by atoms with Gasteiger partial charge in [0.25, 0.3) is 0 Å². The van der Waals surface area contributed by atoms with E-state index in [2.05, 4.69) is 0 Å². The van der Waals surface area contributed by atoms with Crippen LogP contribution in [0.5, 0.6) is 17.2 Å². The third kappa shape index (κ3) is 3.21. The van der Waals surface area contributed by atoms with E-state index in [1.165, 1.54) is 18.2 Å². The van der Waals surface area contributed by atoms with Gasteiger partial charge in [0, 0.05) is 6.26 Å². The van der Waals surface area contributed by atoms with E-state index in [9.17, 15) is 8.42 Å². The van der Waals surface area contributed by atoms with Crippen molar-refractivity contribution >= 4 is 15.5 Å². The predicted octanol–water partition coefficient (Wildman–Crippen LogP) is 2.47. The second-order valence-electron chi connectivity index (χ2n) is 4.25. The monoisotopic (exact) mass is 293 g/mol. The average Bonchev–Trinajstić information content (AvgIpc) is 2.41. The van der Waals surface area contributed by atoms with E-state index in [0.717, 1.165) is 12.0 Å². The third-order valence-corrected chi connectivity index (χ3v) is 3.81. The molecule has 2 N–H and O–H groups in total. The van der Waals surface area contributed by atoms with Crippen LogP contribution in [0.4, 0.5) is 5.69 Å². The van der Waals surface area contributed by atoms with Gasteiger partial charge in [-0.05, 0) is 42.5 Å². The number of nitrogen functional groups attached to an aromatic ring is 1. The van der Waals surface area contributed by atoms with Crippen molar-refractivity contribution in [2.24, 2.45) is 0 Å². The van der Waals surface area contributed by atoms with E-state index in [1.54, 1.807) is 31.4 Å². The van der Waals surface area contributed by atoms with Crippen LogP contribution < -0.4 is 15.2 Å². The van der Waals surface area contributed by atoms with Gasteiger partial charge >= 0.3 is 0 Å². The standard InChI is InChI=1S/C14H15NO4S/c1-18-10-3-5-11(6-4-10)19-14-8-7-12(9-13(14)15)20(2,16)17/h3-9H,15H2,1-2H3. The summed E-state index contributed by atoms with van der Waals surface area (Å²) in [5.41, 5.74) is 6.08. The fraction of sp³-hybridized carbons (Fsp3) is 0.143. The molecule has 0 amide bonds. The van der Waals surface area contributed by atoms with Crippen molar-refractivity contribution in [3.8, 4) is 17.2 Å². The number of anilines is 1. The van der Waals surface area contributed by atoms with Crippen LogP contribution in [0.2, 0.25) is 0 Å². The zero-order chi connectivity index (χ0) is 14.8. The Kier molecular flexibility index (Phi) is 3.85. The van der Waals surface area contributed by atoms with Crippen LogP contribution in [0.1, 0.15) is 0 Å². The predicted molar refractivity (Wildman–Crippen MR) is 77.0 cm³/mol. The van der Waals surface area contributed by atoms with Crippen molar-refractivity contribution in [2.75, 3.05) is 19.1 Å². The van der Waals surface area contributed by atoms with Crippen molar-refractivity contribution in [1.29, 1.82) is 0 Å². The average molecular weight is 293 g/mol. The molecule has 0 aliphatic carbocycles. The van der Waals surface area contributed by atoms with Gasteiger partial charge in [-0.2, -0.15) is 0 Å². The maximum absolute atomic E-state index is 11.4. The Hall–Kier alpha value is -2.21. The summed E-state index contributed by atoms with van der Waals surface area (Å²) in [6.45, 7) is 0. The molecule has 0 heterocycles. The molecule has 0 atom stereocenters. The van der Waals surface area contributed by atoms with Crippen LogP contribution in [-0.2, 0) is 9.84 Å². The molecule has 0 unspecified atom stereocenters. The molecule has 0 aliphatic heterocycles. The molecule has 0 saturated heterocycles. The lowest BCUT2D eigenvalue weighted by Crippen LogP contribution is -1.99. The molecule has 0 aromatic heterocycles. The van der Waals surface area contributed by atoms with Gasteiger partial charge in [-0.15, -0.1) is 0 Å². The molecule has 106 valence electrons. The Morgan fingerprint density at radius 1 is 1.00 bits per heavy atom. The van der Waals surface area contributed by atoms with E-state index >= 15 is 0 Å². The molecule has 5 nitrogen and oxygen atoms in total. The molecule has 2 aromatic rings. The first-order chi connectivity index (χ1) is 9.40. The molecule has 20 heavy (non-hydrogen) atoms. The summed E-state index contributed by atoms with van der Waals surface area (Å²) in [5.74, 6) is 1.71. The van der Waals surface area contributed by atoms with Gasteiger partial charge < -0.3 is 15.2 Å². The summed E-state index contributed by atoms with van der Waals surface area (Å²) in [7, 11) is -1.69. The van der Waals surface area contributed by atoms with Crippen LogP contribution in [0.3, 0.4) is 0 Å². The van der Waals surface area contributed by atoms with Crippen molar-refractivity contribution in [2.45, 2.75) is 4.90 Å². The van der Waals surface area contributed by atoms with Gasteiger partial charge in [-0.25, -0.2) is 8.42 Å². The van der Waals surface area contributed by atoms with Gasteiger partial charge in [-0.3, -0.25) is 0 Å². The number of rotatable bonds is 4. The molecule has 0 aliphatic rings. The van der Waals surface area contributed by atoms with Gasteiger partial charge in [0.15, 0.2) is 9.84 Å². The highest BCUT2D eigenvalue weighted by atomic mass is 32.2. The van der Waals surface area contributed by atoms with Crippen LogP contribution in [-0.4, -0.2) is 21.8 Å². The Morgan fingerprint density at radius 2 is 1.60 bits per heavy atom. The number of benzene rings is 2. The van der Waals surface area contributed by atoms with Gasteiger partial charge in [0.1, 0.15) is 17.2 Å². The van der Waals surface area contributed by atoms with Gasteiger partial charge in [-0.1, -0.05) is 0 Å². The molecule has 2 rings (SSSR count). The minimum absolute atomic E-state index is 0.164. The smallest absolute Gasteiger partial charge is 0.175 e. The highest BCUT2D eigenvalue weighted by Crippen LogP contribution is 2.30. The molecule has 0 saturated carbocycles. The second kappa shape index (κ2) is 5.42. The maximum atomic E-state index is 11.4. The number of ether oxygens (including phenoxy) is 2. The number of hydrogen-bond donors (Lipinski definition) is 1. The molecular weight excluding hydrogens is 278 g/mol. The fourth-order valence-corrected chi connectivity index (χ4v) is 2.28. The second-order valence-corrected chi connectivity index (χ2v) is 6.27. The summed E-state index contributed by atoms with van der Waals surface area (Å²) in [6.07, 6.45) is 1.13. The minimum atomic E-state index is -3.28. The Labute approximate surface area is 117 Å². The maximum Gasteiger partial charge on any atom is 0.175 e. The van der Waals surface area contributed by atoms with Crippen molar-refractivity contribution in [3.05, 3.63) is 42.5 Å². The topological polar surface area (TPSA) is 78.6 Å². The van der Waals surface area contributed by atoms with E-state index in [4.69, 9.17) is 15.2 Å². The van der Waals surface area contributed by atoms with Crippen molar-refractivity contribution < 1.29 is 17.9 Å². The molecule has 0 spiro atoms. The van der Waals surface area contributed by atoms with Crippen LogP contribution in [0.25, 0.3) is 0 Å². The largest absolute Gasteiger partial charge is 0.497 e. The lowest BCUT2D eigenvalue weighted by Gasteiger charge is -2.10. The summed E-state index contributed by atoms with van der Waals surface area (Å²) in [6, 6.07) is 11.4. The number of hydrogen-bond acceptors (Lipinski definition) is 5. The van der Waals surface area contributed by atoms with Gasteiger partial charge in [0.05, 0.1) is 17.7 Å². The highest BCUT2D eigenvalue weighted by Gasteiger charge is 2.10. The highest BCUT2D eigenvalue weighted by molar-refractivity contribution is 7.90. The minimum Gasteiger partial charge on any atom is -0.497 e. The first kappa shape index (κ1) is 14.2.